The van der Waals surface area contributed by atoms with Crippen molar-refractivity contribution in [2.45, 2.75) is 20.0 Å². The van der Waals surface area contributed by atoms with Crippen LogP contribution in [0.4, 0.5) is 9.52 Å². The fraction of sp³-hybridized carbons (Fsp3) is 0.286. The maximum atomic E-state index is 13.7. The van der Waals surface area contributed by atoms with Gasteiger partial charge in [0, 0.05) is 18.5 Å². The highest BCUT2D eigenvalue weighted by atomic mass is 32.1. The number of aromatic nitrogens is 1. The maximum Gasteiger partial charge on any atom is 0.311 e. The van der Waals surface area contributed by atoms with E-state index in [2.05, 4.69) is 4.98 Å². The zero-order chi connectivity index (χ0) is 20.4. The molecule has 1 fully saturated rings. The molecule has 1 atom stereocenters. The van der Waals surface area contributed by atoms with Crippen LogP contribution in [0.15, 0.2) is 42.5 Å². The van der Waals surface area contributed by atoms with Gasteiger partial charge >= 0.3 is 5.97 Å². The van der Waals surface area contributed by atoms with Crippen molar-refractivity contribution in [2.24, 2.45) is 5.92 Å². The number of amides is 1. The number of ether oxygens (including phenoxy) is 2. The molecule has 3 aromatic rings. The van der Waals surface area contributed by atoms with Crippen molar-refractivity contribution in [1.29, 1.82) is 0 Å². The molecule has 1 amide bonds. The van der Waals surface area contributed by atoms with Gasteiger partial charge in [0.05, 0.1) is 22.7 Å². The van der Waals surface area contributed by atoms with Gasteiger partial charge in [-0.05, 0) is 31.2 Å². The zero-order valence-corrected chi connectivity index (χ0v) is 16.6. The van der Waals surface area contributed by atoms with Gasteiger partial charge in [-0.25, -0.2) is 9.37 Å². The van der Waals surface area contributed by atoms with Gasteiger partial charge in [-0.1, -0.05) is 29.5 Å². The minimum Gasteiger partial charge on any atom is -0.494 e. The van der Waals surface area contributed by atoms with Gasteiger partial charge in [0.25, 0.3) is 0 Å². The van der Waals surface area contributed by atoms with Gasteiger partial charge in [-0.3, -0.25) is 14.5 Å². The first-order valence-electron chi connectivity index (χ1n) is 9.29. The Balaban J connectivity index is 1.44. The summed E-state index contributed by atoms with van der Waals surface area (Å²) in [7, 11) is 0. The summed E-state index contributed by atoms with van der Waals surface area (Å²) in [5.74, 6) is -0.964. The molecular weight excluding hydrogens is 395 g/mol. The summed E-state index contributed by atoms with van der Waals surface area (Å²) in [4.78, 5) is 30.9. The maximum absolute atomic E-state index is 13.7. The minimum absolute atomic E-state index is 0.0518. The largest absolute Gasteiger partial charge is 0.494 e. The standard InChI is InChI=1S/C21H19FN2O4S/c1-2-27-15-7-8-17-18(10-15)29-21(23-17)24-11-14(9-19(24)25)20(26)28-12-13-5-3-4-6-16(13)22/h3-8,10,14H,2,9,11-12H2,1H3/t14-/m1/s1. The fourth-order valence-corrected chi connectivity index (χ4v) is 4.22. The van der Waals surface area contributed by atoms with Crippen molar-refractivity contribution < 1.29 is 23.5 Å². The second-order valence-electron chi connectivity index (χ2n) is 6.66. The molecule has 4 rings (SSSR count). The molecule has 0 radical (unpaired) electrons. The molecule has 0 spiro atoms. The van der Waals surface area contributed by atoms with Crippen LogP contribution in [-0.4, -0.2) is 30.0 Å². The number of anilines is 1. The average molecular weight is 414 g/mol. The van der Waals surface area contributed by atoms with Gasteiger partial charge in [0.2, 0.25) is 5.91 Å². The van der Waals surface area contributed by atoms with E-state index < -0.39 is 17.7 Å². The van der Waals surface area contributed by atoms with Crippen LogP contribution in [0.2, 0.25) is 0 Å². The summed E-state index contributed by atoms with van der Waals surface area (Å²) < 4.78 is 25.3. The lowest BCUT2D eigenvalue weighted by atomic mass is 10.1. The van der Waals surface area contributed by atoms with Gasteiger partial charge in [-0.2, -0.15) is 0 Å². The lowest BCUT2D eigenvalue weighted by Crippen LogP contribution is -2.26. The van der Waals surface area contributed by atoms with Gasteiger partial charge in [-0.15, -0.1) is 0 Å². The van der Waals surface area contributed by atoms with Gasteiger partial charge in [0.1, 0.15) is 18.2 Å². The smallest absolute Gasteiger partial charge is 0.311 e. The number of benzene rings is 2. The van der Waals surface area contributed by atoms with Crippen LogP contribution in [0.25, 0.3) is 10.2 Å². The summed E-state index contributed by atoms with van der Waals surface area (Å²) in [6.45, 7) is 2.53. The van der Waals surface area contributed by atoms with Gasteiger partial charge < -0.3 is 9.47 Å². The Morgan fingerprint density at radius 2 is 2.14 bits per heavy atom. The van der Waals surface area contributed by atoms with Crippen LogP contribution in [-0.2, 0) is 20.9 Å². The summed E-state index contributed by atoms with van der Waals surface area (Å²) in [6.07, 6.45) is 0.0518. The number of hydrogen-bond acceptors (Lipinski definition) is 6. The van der Waals surface area contributed by atoms with E-state index >= 15 is 0 Å². The van der Waals surface area contributed by atoms with E-state index in [4.69, 9.17) is 9.47 Å². The van der Waals surface area contributed by atoms with E-state index in [0.29, 0.717) is 17.3 Å². The van der Waals surface area contributed by atoms with E-state index in [1.807, 2.05) is 25.1 Å². The molecule has 8 heteroatoms. The molecule has 1 aliphatic heterocycles. The quantitative estimate of drug-likeness (QED) is 0.572. The van der Waals surface area contributed by atoms with E-state index in [1.54, 1.807) is 18.2 Å². The Morgan fingerprint density at radius 1 is 1.31 bits per heavy atom. The molecular formula is C21H19FN2O4S. The molecule has 1 aromatic heterocycles. The van der Waals surface area contributed by atoms with Crippen LogP contribution in [0, 0.1) is 11.7 Å². The van der Waals surface area contributed by atoms with Crippen LogP contribution in [0.1, 0.15) is 18.9 Å². The molecule has 0 bridgehead atoms. The van der Waals surface area contributed by atoms with Crippen LogP contribution in [0.3, 0.4) is 0 Å². The third-order valence-electron chi connectivity index (χ3n) is 4.68. The first-order valence-corrected chi connectivity index (χ1v) is 10.1. The number of nitrogens with zero attached hydrogens (tertiary/aromatic N) is 2. The Hall–Kier alpha value is -3.00. The molecule has 1 saturated heterocycles. The van der Waals surface area contributed by atoms with Crippen molar-refractivity contribution in [3.63, 3.8) is 0 Å². The SMILES string of the molecule is CCOc1ccc2nc(N3C[C@H](C(=O)OCc4ccccc4F)CC3=O)sc2c1. The van der Waals surface area contributed by atoms with Crippen molar-refractivity contribution in [3.8, 4) is 5.75 Å². The molecule has 0 unspecified atom stereocenters. The first-order chi connectivity index (χ1) is 14.0. The average Bonchev–Trinajstić information content (AvgIpc) is 3.30. The van der Waals surface area contributed by atoms with E-state index in [1.165, 1.54) is 22.3 Å². The van der Waals surface area contributed by atoms with Crippen molar-refractivity contribution in [2.75, 3.05) is 18.1 Å². The summed E-state index contributed by atoms with van der Waals surface area (Å²) in [6, 6.07) is 11.7. The Bertz CT molecular complexity index is 1070. The topological polar surface area (TPSA) is 68.7 Å². The fourth-order valence-electron chi connectivity index (χ4n) is 3.20. The van der Waals surface area contributed by atoms with Gasteiger partial charge in [0.15, 0.2) is 5.13 Å². The highest BCUT2D eigenvalue weighted by molar-refractivity contribution is 7.22. The number of hydrogen-bond donors (Lipinski definition) is 0. The lowest BCUT2D eigenvalue weighted by molar-refractivity contribution is -0.149. The molecule has 1 aliphatic rings. The van der Waals surface area contributed by atoms with Crippen molar-refractivity contribution in [1.82, 2.24) is 4.98 Å². The molecule has 2 heterocycles. The van der Waals surface area contributed by atoms with Crippen molar-refractivity contribution in [3.05, 3.63) is 53.8 Å². The van der Waals surface area contributed by atoms with Crippen LogP contribution < -0.4 is 9.64 Å². The first kappa shape index (κ1) is 19.3. The van der Waals surface area contributed by atoms with E-state index in [-0.39, 0.29) is 25.5 Å². The number of rotatable bonds is 6. The third-order valence-corrected chi connectivity index (χ3v) is 5.72. The normalized spacial score (nSPS) is 16.4. The number of esters is 1. The second-order valence-corrected chi connectivity index (χ2v) is 7.67. The molecule has 0 N–H and O–H groups in total. The number of fused-ring (bicyclic) bond motifs is 1. The number of thiazole rings is 1. The summed E-state index contributed by atoms with van der Waals surface area (Å²) >= 11 is 1.38. The third kappa shape index (κ3) is 4.07. The molecule has 0 saturated carbocycles. The second kappa shape index (κ2) is 8.16. The molecule has 29 heavy (non-hydrogen) atoms. The molecule has 0 aliphatic carbocycles. The predicted molar refractivity (Wildman–Crippen MR) is 107 cm³/mol. The number of carbonyl (C=O) groups excluding carboxylic acids is 2. The molecule has 2 aromatic carbocycles. The lowest BCUT2D eigenvalue weighted by Gasteiger charge is -2.13. The highest BCUT2D eigenvalue weighted by Crippen LogP contribution is 2.34. The minimum atomic E-state index is -0.597. The van der Waals surface area contributed by atoms with E-state index in [0.717, 1.165) is 16.0 Å². The van der Waals surface area contributed by atoms with Crippen molar-refractivity contribution >= 4 is 38.6 Å². The Kier molecular flexibility index (Phi) is 5.44. The van der Waals surface area contributed by atoms with Crippen LogP contribution in [0.5, 0.6) is 5.75 Å². The highest BCUT2D eigenvalue weighted by Gasteiger charge is 2.37. The molecule has 6 nitrogen and oxygen atoms in total. The molecule has 150 valence electrons. The van der Waals surface area contributed by atoms with Crippen LogP contribution >= 0.6 is 11.3 Å². The van der Waals surface area contributed by atoms with E-state index in [9.17, 15) is 14.0 Å². The zero-order valence-electron chi connectivity index (χ0n) is 15.8. The Labute approximate surface area is 170 Å². The summed E-state index contributed by atoms with van der Waals surface area (Å²) in [5, 5.41) is 0.544. The monoisotopic (exact) mass is 414 g/mol. The predicted octanol–water partition coefficient (Wildman–Crippen LogP) is 3.93. The Morgan fingerprint density at radius 3 is 2.93 bits per heavy atom. The summed E-state index contributed by atoms with van der Waals surface area (Å²) in [5.41, 5.74) is 1.07. The number of carbonyl (C=O) groups is 2. The number of halogens is 1.